The van der Waals surface area contributed by atoms with Crippen LogP contribution in [0.5, 0.6) is 0 Å². The molecule has 31 heavy (non-hydrogen) atoms. The normalized spacial score (nSPS) is 15.7. The van der Waals surface area contributed by atoms with Crippen LogP contribution in [-0.4, -0.2) is 24.3 Å². The van der Waals surface area contributed by atoms with Gasteiger partial charge in [-0.25, -0.2) is 4.39 Å². The number of hydrogen-bond donors (Lipinski definition) is 2. The lowest BCUT2D eigenvalue weighted by Crippen LogP contribution is -2.29. The first kappa shape index (κ1) is 20.3. The van der Waals surface area contributed by atoms with Crippen LogP contribution in [0.1, 0.15) is 22.5 Å². The molecule has 0 aliphatic carbocycles. The fraction of sp³-hybridized carbons (Fsp3) is 0.174. The molecule has 0 spiro atoms. The van der Waals surface area contributed by atoms with Crippen molar-refractivity contribution >= 4 is 29.1 Å². The number of benzene rings is 2. The minimum Gasteiger partial charge on any atom is -0.467 e. The molecule has 1 aromatic heterocycles. The van der Waals surface area contributed by atoms with Gasteiger partial charge in [-0.3, -0.25) is 14.4 Å². The molecule has 2 heterocycles. The first-order valence-electron chi connectivity index (χ1n) is 9.77. The molecule has 1 fully saturated rings. The van der Waals surface area contributed by atoms with Crippen molar-refractivity contribution in [1.82, 2.24) is 5.32 Å². The predicted molar refractivity (Wildman–Crippen MR) is 112 cm³/mol. The molecule has 1 atom stereocenters. The second-order valence-electron chi connectivity index (χ2n) is 7.18. The van der Waals surface area contributed by atoms with E-state index in [9.17, 15) is 18.8 Å². The third-order valence-electron chi connectivity index (χ3n) is 5.07. The summed E-state index contributed by atoms with van der Waals surface area (Å²) in [6.45, 7) is 0.404. The molecule has 0 radical (unpaired) electrons. The Morgan fingerprint density at radius 2 is 1.84 bits per heavy atom. The average molecular weight is 421 g/mol. The lowest BCUT2D eigenvalue weighted by atomic mass is 10.1. The largest absolute Gasteiger partial charge is 0.467 e. The zero-order chi connectivity index (χ0) is 21.8. The number of rotatable bonds is 6. The molecule has 1 aliphatic rings. The maximum absolute atomic E-state index is 13.2. The van der Waals surface area contributed by atoms with Crippen molar-refractivity contribution in [2.24, 2.45) is 5.92 Å². The van der Waals surface area contributed by atoms with E-state index in [1.165, 1.54) is 35.4 Å². The van der Waals surface area contributed by atoms with Crippen molar-refractivity contribution in [2.75, 3.05) is 16.8 Å². The van der Waals surface area contributed by atoms with Crippen LogP contribution in [0.3, 0.4) is 0 Å². The summed E-state index contributed by atoms with van der Waals surface area (Å²) < 4.78 is 18.4. The van der Waals surface area contributed by atoms with Gasteiger partial charge >= 0.3 is 0 Å². The van der Waals surface area contributed by atoms with Crippen LogP contribution < -0.4 is 15.5 Å². The molecule has 2 N–H and O–H groups in total. The Hall–Kier alpha value is -3.94. The molecule has 3 aromatic rings. The third kappa shape index (κ3) is 4.63. The summed E-state index contributed by atoms with van der Waals surface area (Å²) in [4.78, 5) is 39.2. The van der Waals surface area contributed by atoms with E-state index in [0.717, 1.165) is 0 Å². The predicted octanol–water partition coefficient (Wildman–Crippen LogP) is 3.34. The minimum absolute atomic E-state index is 0.0378. The molecule has 1 saturated heterocycles. The summed E-state index contributed by atoms with van der Waals surface area (Å²) in [5.74, 6) is -1.30. The van der Waals surface area contributed by atoms with Crippen LogP contribution in [-0.2, 0) is 16.1 Å². The standard InChI is InChI=1S/C23H20FN3O4/c24-16-7-9-17(10-8-16)27-14-15(12-21(27)28)22(29)26-20-6-2-1-5-19(20)23(30)25-13-18-4-3-11-31-18/h1-11,15H,12-14H2,(H,25,30)(H,26,29). The topological polar surface area (TPSA) is 91.6 Å². The first-order valence-corrected chi connectivity index (χ1v) is 9.77. The number of halogens is 1. The maximum Gasteiger partial charge on any atom is 0.253 e. The Labute approximate surface area is 177 Å². The number of nitrogens with zero attached hydrogens (tertiary/aromatic N) is 1. The van der Waals surface area contributed by atoms with Gasteiger partial charge in [0.2, 0.25) is 11.8 Å². The molecule has 7 nitrogen and oxygen atoms in total. The Morgan fingerprint density at radius 3 is 2.58 bits per heavy atom. The summed E-state index contributed by atoms with van der Waals surface area (Å²) in [6.07, 6.45) is 1.56. The van der Waals surface area contributed by atoms with Crippen LogP contribution in [0.25, 0.3) is 0 Å². The lowest BCUT2D eigenvalue weighted by molar-refractivity contribution is -0.122. The van der Waals surface area contributed by atoms with E-state index in [1.807, 2.05) is 0 Å². The molecule has 0 saturated carbocycles. The van der Waals surface area contributed by atoms with E-state index in [-0.39, 0.29) is 37.2 Å². The van der Waals surface area contributed by atoms with E-state index >= 15 is 0 Å². The number of para-hydroxylation sites is 1. The van der Waals surface area contributed by atoms with Gasteiger partial charge in [0.05, 0.1) is 30.0 Å². The van der Waals surface area contributed by atoms with Crippen molar-refractivity contribution in [3.05, 3.63) is 84.1 Å². The molecule has 1 aliphatic heterocycles. The van der Waals surface area contributed by atoms with Crippen molar-refractivity contribution < 1.29 is 23.2 Å². The zero-order valence-electron chi connectivity index (χ0n) is 16.5. The quantitative estimate of drug-likeness (QED) is 0.639. The van der Waals surface area contributed by atoms with Gasteiger partial charge in [-0.2, -0.15) is 0 Å². The smallest absolute Gasteiger partial charge is 0.253 e. The third-order valence-corrected chi connectivity index (χ3v) is 5.07. The van der Waals surface area contributed by atoms with Gasteiger partial charge in [-0.15, -0.1) is 0 Å². The number of carbonyl (C=O) groups excluding carboxylic acids is 3. The molecular formula is C23H20FN3O4. The summed E-state index contributed by atoms with van der Waals surface area (Å²) in [5.41, 5.74) is 1.21. The van der Waals surface area contributed by atoms with Crippen molar-refractivity contribution in [2.45, 2.75) is 13.0 Å². The van der Waals surface area contributed by atoms with Gasteiger partial charge in [0.25, 0.3) is 5.91 Å². The van der Waals surface area contributed by atoms with Crippen molar-refractivity contribution in [3.63, 3.8) is 0 Å². The van der Waals surface area contributed by atoms with Crippen molar-refractivity contribution in [3.8, 4) is 0 Å². The van der Waals surface area contributed by atoms with Crippen LogP contribution in [0.15, 0.2) is 71.3 Å². The molecule has 158 valence electrons. The number of hydrogen-bond acceptors (Lipinski definition) is 4. The summed E-state index contributed by atoms with van der Waals surface area (Å²) in [5, 5.41) is 5.51. The Balaban J connectivity index is 1.42. The van der Waals surface area contributed by atoms with E-state index < -0.39 is 11.7 Å². The number of nitrogens with one attached hydrogen (secondary N) is 2. The van der Waals surface area contributed by atoms with Crippen LogP contribution in [0.2, 0.25) is 0 Å². The van der Waals surface area contributed by atoms with Crippen LogP contribution in [0, 0.1) is 11.7 Å². The number of anilines is 2. The van der Waals surface area contributed by atoms with Gasteiger partial charge in [-0.05, 0) is 48.5 Å². The average Bonchev–Trinajstić information content (AvgIpc) is 3.43. The number of amides is 3. The minimum atomic E-state index is -0.586. The highest BCUT2D eigenvalue weighted by atomic mass is 19.1. The number of furan rings is 1. The van der Waals surface area contributed by atoms with Gasteiger partial charge in [0.15, 0.2) is 0 Å². The summed E-state index contributed by atoms with van der Waals surface area (Å²) in [7, 11) is 0. The van der Waals surface area contributed by atoms with Crippen LogP contribution >= 0.6 is 0 Å². The Kier molecular flexibility index (Phi) is 5.79. The highest BCUT2D eigenvalue weighted by Gasteiger charge is 2.35. The second kappa shape index (κ2) is 8.83. The summed E-state index contributed by atoms with van der Waals surface area (Å²) in [6, 6.07) is 15.7. The van der Waals surface area contributed by atoms with Gasteiger partial charge in [-0.1, -0.05) is 12.1 Å². The fourth-order valence-electron chi connectivity index (χ4n) is 3.45. The Morgan fingerprint density at radius 1 is 1.06 bits per heavy atom. The zero-order valence-corrected chi connectivity index (χ0v) is 16.5. The van der Waals surface area contributed by atoms with E-state index in [0.29, 0.717) is 22.7 Å². The van der Waals surface area contributed by atoms with E-state index in [1.54, 1.807) is 36.4 Å². The molecule has 0 bridgehead atoms. The molecule has 2 aromatic carbocycles. The molecular weight excluding hydrogens is 401 g/mol. The highest BCUT2D eigenvalue weighted by Crippen LogP contribution is 2.27. The highest BCUT2D eigenvalue weighted by molar-refractivity contribution is 6.07. The Bertz CT molecular complexity index is 1100. The van der Waals surface area contributed by atoms with E-state index in [4.69, 9.17) is 4.42 Å². The fourth-order valence-corrected chi connectivity index (χ4v) is 3.45. The van der Waals surface area contributed by atoms with Gasteiger partial charge in [0, 0.05) is 18.7 Å². The molecule has 4 rings (SSSR count). The monoisotopic (exact) mass is 421 g/mol. The van der Waals surface area contributed by atoms with Gasteiger partial charge < -0.3 is 20.0 Å². The lowest BCUT2D eigenvalue weighted by Gasteiger charge is -2.17. The van der Waals surface area contributed by atoms with E-state index in [2.05, 4.69) is 10.6 Å². The molecule has 1 unspecified atom stereocenters. The van der Waals surface area contributed by atoms with Gasteiger partial charge in [0.1, 0.15) is 11.6 Å². The molecule has 3 amide bonds. The van der Waals surface area contributed by atoms with Crippen LogP contribution in [0.4, 0.5) is 15.8 Å². The number of carbonyl (C=O) groups is 3. The first-order chi connectivity index (χ1) is 15.0. The molecule has 8 heteroatoms. The SMILES string of the molecule is O=C(NCc1ccco1)c1ccccc1NC(=O)C1CC(=O)N(c2ccc(F)cc2)C1. The van der Waals surface area contributed by atoms with Crippen molar-refractivity contribution in [1.29, 1.82) is 0 Å². The maximum atomic E-state index is 13.2. The second-order valence-corrected chi connectivity index (χ2v) is 7.18. The summed E-state index contributed by atoms with van der Waals surface area (Å²) >= 11 is 0.